The zero-order valence-electron chi connectivity index (χ0n) is 15.3. The number of fused-ring (bicyclic) bond motifs is 1. The summed E-state index contributed by atoms with van der Waals surface area (Å²) in [5.74, 6) is -0.466. The molecule has 3 amide bonds. The van der Waals surface area contributed by atoms with Crippen molar-refractivity contribution in [2.24, 2.45) is 0 Å². The van der Waals surface area contributed by atoms with Crippen LogP contribution in [0.3, 0.4) is 0 Å². The number of amides is 3. The SMILES string of the molecule is CC[NH+](CC(=O)NC(C)(C)C)CC(=O)N1CC(=O)Nc2ccccc21. The van der Waals surface area contributed by atoms with Gasteiger partial charge in [0.1, 0.15) is 6.54 Å². The van der Waals surface area contributed by atoms with Crippen molar-refractivity contribution in [2.75, 3.05) is 36.4 Å². The molecule has 2 rings (SSSR count). The Kier molecular flexibility index (Phi) is 5.79. The van der Waals surface area contributed by atoms with Gasteiger partial charge in [-0.25, -0.2) is 0 Å². The monoisotopic (exact) mass is 347 g/mol. The Morgan fingerprint density at radius 2 is 1.92 bits per heavy atom. The van der Waals surface area contributed by atoms with E-state index in [1.165, 1.54) is 4.90 Å². The summed E-state index contributed by atoms with van der Waals surface area (Å²) in [6, 6.07) is 7.23. The molecule has 0 aliphatic carbocycles. The number of para-hydroxylation sites is 2. The first-order valence-electron chi connectivity index (χ1n) is 8.53. The van der Waals surface area contributed by atoms with Crippen molar-refractivity contribution < 1.29 is 19.3 Å². The van der Waals surface area contributed by atoms with Gasteiger partial charge in [0.25, 0.3) is 11.8 Å². The fourth-order valence-electron chi connectivity index (χ4n) is 2.77. The van der Waals surface area contributed by atoms with E-state index in [1.807, 2.05) is 45.9 Å². The van der Waals surface area contributed by atoms with Crippen LogP contribution in [0.15, 0.2) is 24.3 Å². The van der Waals surface area contributed by atoms with E-state index in [0.29, 0.717) is 17.9 Å². The predicted octanol–water partition coefficient (Wildman–Crippen LogP) is -0.209. The average molecular weight is 347 g/mol. The molecule has 1 aliphatic heterocycles. The number of benzene rings is 1. The lowest BCUT2D eigenvalue weighted by atomic mass is 10.1. The molecule has 0 saturated heterocycles. The molecule has 25 heavy (non-hydrogen) atoms. The number of hydrogen-bond acceptors (Lipinski definition) is 3. The molecule has 0 aromatic heterocycles. The van der Waals surface area contributed by atoms with Gasteiger partial charge in [0.2, 0.25) is 5.91 Å². The summed E-state index contributed by atoms with van der Waals surface area (Å²) < 4.78 is 0. The highest BCUT2D eigenvalue weighted by Crippen LogP contribution is 2.28. The van der Waals surface area contributed by atoms with Crippen molar-refractivity contribution in [3.63, 3.8) is 0 Å². The number of carbonyl (C=O) groups excluding carboxylic acids is 3. The Morgan fingerprint density at radius 3 is 2.56 bits per heavy atom. The van der Waals surface area contributed by atoms with Gasteiger partial charge in [0.15, 0.2) is 13.1 Å². The fraction of sp³-hybridized carbons (Fsp3) is 0.500. The zero-order chi connectivity index (χ0) is 18.6. The molecular formula is C18H27N4O3+. The summed E-state index contributed by atoms with van der Waals surface area (Å²) >= 11 is 0. The van der Waals surface area contributed by atoms with Crippen molar-refractivity contribution in [1.82, 2.24) is 5.32 Å². The number of quaternary nitrogens is 1. The molecule has 136 valence electrons. The lowest BCUT2D eigenvalue weighted by Crippen LogP contribution is -3.14. The minimum atomic E-state index is -0.302. The van der Waals surface area contributed by atoms with Crippen LogP contribution >= 0.6 is 0 Å². The van der Waals surface area contributed by atoms with Crippen LogP contribution in [0.2, 0.25) is 0 Å². The zero-order valence-corrected chi connectivity index (χ0v) is 15.3. The first-order chi connectivity index (χ1) is 11.7. The van der Waals surface area contributed by atoms with E-state index in [4.69, 9.17) is 0 Å². The average Bonchev–Trinajstić information content (AvgIpc) is 2.51. The van der Waals surface area contributed by atoms with E-state index in [9.17, 15) is 14.4 Å². The molecule has 1 heterocycles. The smallest absolute Gasteiger partial charge is 0.282 e. The Bertz CT molecular complexity index is 667. The number of nitrogens with one attached hydrogen (secondary N) is 3. The van der Waals surface area contributed by atoms with E-state index in [1.54, 1.807) is 6.07 Å². The maximum absolute atomic E-state index is 12.7. The Hall–Kier alpha value is -2.41. The fourth-order valence-corrected chi connectivity index (χ4v) is 2.77. The quantitative estimate of drug-likeness (QED) is 0.689. The Morgan fingerprint density at radius 1 is 1.24 bits per heavy atom. The number of nitrogens with zero attached hydrogens (tertiary/aromatic N) is 1. The van der Waals surface area contributed by atoms with Gasteiger partial charge in [-0.3, -0.25) is 19.3 Å². The third-order valence-electron chi connectivity index (χ3n) is 3.90. The maximum Gasteiger partial charge on any atom is 0.282 e. The summed E-state index contributed by atoms with van der Waals surface area (Å²) in [7, 11) is 0. The first kappa shape index (κ1) is 18.9. The summed E-state index contributed by atoms with van der Waals surface area (Å²) in [5, 5.41) is 5.68. The molecule has 1 atom stereocenters. The van der Waals surface area contributed by atoms with Crippen LogP contribution < -0.4 is 20.4 Å². The Balaban J connectivity index is 2.05. The highest BCUT2D eigenvalue weighted by molar-refractivity contribution is 6.10. The van der Waals surface area contributed by atoms with Crippen LogP contribution in [0.4, 0.5) is 11.4 Å². The van der Waals surface area contributed by atoms with Crippen molar-refractivity contribution in [3.05, 3.63) is 24.3 Å². The van der Waals surface area contributed by atoms with E-state index in [2.05, 4.69) is 10.6 Å². The number of hydrogen-bond donors (Lipinski definition) is 3. The molecule has 1 unspecified atom stereocenters. The number of carbonyl (C=O) groups is 3. The highest BCUT2D eigenvalue weighted by Gasteiger charge is 2.29. The second-order valence-corrected chi connectivity index (χ2v) is 7.30. The van der Waals surface area contributed by atoms with Gasteiger partial charge in [-0.2, -0.15) is 0 Å². The van der Waals surface area contributed by atoms with Crippen molar-refractivity contribution in [3.8, 4) is 0 Å². The van der Waals surface area contributed by atoms with E-state index in [-0.39, 0.29) is 42.9 Å². The van der Waals surface area contributed by atoms with Crippen LogP contribution in [-0.2, 0) is 14.4 Å². The van der Waals surface area contributed by atoms with Crippen LogP contribution in [0.1, 0.15) is 27.7 Å². The summed E-state index contributed by atoms with van der Waals surface area (Å²) in [6.45, 7) is 8.73. The number of rotatable bonds is 5. The molecular weight excluding hydrogens is 320 g/mol. The molecule has 0 saturated carbocycles. The van der Waals surface area contributed by atoms with E-state index in [0.717, 1.165) is 4.90 Å². The van der Waals surface area contributed by atoms with E-state index >= 15 is 0 Å². The lowest BCUT2D eigenvalue weighted by molar-refractivity contribution is -0.881. The topological polar surface area (TPSA) is 83.0 Å². The van der Waals surface area contributed by atoms with Gasteiger partial charge in [-0.15, -0.1) is 0 Å². The van der Waals surface area contributed by atoms with Gasteiger partial charge in [0.05, 0.1) is 17.9 Å². The van der Waals surface area contributed by atoms with Crippen molar-refractivity contribution >= 4 is 29.1 Å². The minimum Gasteiger partial charge on any atom is -0.347 e. The first-order valence-corrected chi connectivity index (χ1v) is 8.53. The molecule has 3 N–H and O–H groups in total. The van der Waals surface area contributed by atoms with E-state index < -0.39 is 0 Å². The van der Waals surface area contributed by atoms with Gasteiger partial charge in [0, 0.05) is 5.54 Å². The third-order valence-corrected chi connectivity index (χ3v) is 3.90. The second-order valence-electron chi connectivity index (χ2n) is 7.30. The van der Waals surface area contributed by atoms with Gasteiger partial charge in [-0.05, 0) is 39.8 Å². The second kappa shape index (κ2) is 7.65. The van der Waals surface area contributed by atoms with Crippen LogP contribution in [0, 0.1) is 0 Å². The molecule has 0 fully saturated rings. The molecule has 7 heteroatoms. The highest BCUT2D eigenvalue weighted by atomic mass is 16.2. The minimum absolute atomic E-state index is 0.00102. The summed E-state index contributed by atoms with van der Waals surface area (Å²) in [4.78, 5) is 39.1. The van der Waals surface area contributed by atoms with Gasteiger partial charge in [-0.1, -0.05) is 12.1 Å². The summed E-state index contributed by atoms with van der Waals surface area (Å²) in [6.07, 6.45) is 0. The maximum atomic E-state index is 12.7. The largest absolute Gasteiger partial charge is 0.347 e. The van der Waals surface area contributed by atoms with Crippen LogP contribution in [0.5, 0.6) is 0 Å². The van der Waals surface area contributed by atoms with Crippen LogP contribution in [0.25, 0.3) is 0 Å². The lowest BCUT2D eigenvalue weighted by Gasteiger charge is -2.30. The van der Waals surface area contributed by atoms with Gasteiger partial charge < -0.3 is 15.5 Å². The third kappa shape index (κ3) is 5.29. The number of anilines is 2. The Labute approximate surface area is 148 Å². The molecule has 1 aliphatic rings. The molecule has 1 aromatic rings. The summed E-state index contributed by atoms with van der Waals surface area (Å²) in [5.41, 5.74) is 1.03. The molecule has 0 radical (unpaired) electrons. The predicted molar refractivity (Wildman–Crippen MR) is 96.6 cm³/mol. The standard InChI is InChI=1S/C18H26N4O3/c1-5-21(10-16(24)20-18(2,3)4)12-17(25)22-11-15(23)19-13-8-6-7-9-14(13)22/h6-9H,5,10-12H2,1-4H3,(H,19,23)(H,20,24)/p+1. The molecule has 0 bridgehead atoms. The van der Waals surface area contributed by atoms with Crippen LogP contribution in [-0.4, -0.2) is 49.4 Å². The van der Waals surface area contributed by atoms with Crippen molar-refractivity contribution in [1.29, 1.82) is 0 Å². The number of likely N-dealkylation sites (N-methyl/N-ethyl adjacent to an activating group) is 1. The molecule has 7 nitrogen and oxygen atoms in total. The van der Waals surface area contributed by atoms with Gasteiger partial charge >= 0.3 is 0 Å². The normalized spacial score (nSPS) is 15.2. The van der Waals surface area contributed by atoms with Crippen molar-refractivity contribution in [2.45, 2.75) is 33.2 Å². The molecule has 1 aromatic carbocycles. The molecule has 0 spiro atoms.